The standard InChI is InChI=1S/C17H23N5O/c1-14-9-18-7-8-21(14)13-17(23)19-10-15-11-20-22(12-15)16-5-3-2-4-6-16/h2-6,11-12,14,18H,7-10,13H2,1H3,(H,19,23)/t14-/m1/s1. The van der Waals surface area contributed by atoms with Crippen LogP contribution in [0.5, 0.6) is 0 Å². The van der Waals surface area contributed by atoms with E-state index in [9.17, 15) is 4.79 Å². The maximum Gasteiger partial charge on any atom is 0.234 e. The van der Waals surface area contributed by atoms with E-state index in [2.05, 4.69) is 27.6 Å². The van der Waals surface area contributed by atoms with Crippen LogP contribution in [-0.4, -0.2) is 52.8 Å². The van der Waals surface area contributed by atoms with Gasteiger partial charge in [0.1, 0.15) is 0 Å². The average molecular weight is 313 g/mol. The molecule has 6 heteroatoms. The average Bonchev–Trinajstić information content (AvgIpc) is 3.05. The number of para-hydroxylation sites is 1. The highest BCUT2D eigenvalue weighted by Gasteiger charge is 2.19. The quantitative estimate of drug-likeness (QED) is 0.856. The Morgan fingerprint density at radius 1 is 1.39 bits per heavy atom. The Morgan fingerprint density at radius 2 is 2.22 bits per heavy atom. The van der Waals surface area contributed by atoms with E-state index in [-0.39, 0.29) is 5.91 Å². The van der Waals surface area contributed by atoms with Crippen LogP contribution in [0.2, 0.25) is 0 Å². The minimum atomic E-state index is 0.0613. The first-order valence-electron chi connectivity index (χ1n) is 8.03. The fourth-order valence-electron chi connectivity index (χ4n) is 2.73. The summed E-state index contributed by atoms with van der Waals surface area (Å²) in [6.45, 7) is 5.91. The minimum absolute atomic E-state index is 0.0613. The van der Waals surface area contributed by atoms with Gasteiger partial charge in [-0.15, -0.1) is 0 Å². The maximum absolute atomic E-state index is 12.1. The molecule has 1 aromatic heterocycles. The number of hydrogen-bond acceptors (Lipinski definition) is 4. The van der Waals surface area contributed by atoms with Gasteiger partial charge in [0.25, 0.3) is 0 Å². The zero-order valence-electron chi connectivity index (χ0n) is 13.4. The van der Waals surface area contributed by atoms with Crippen LogP contribution >= 0.6 is 0 Å². The molecule has 6 nitrogen and oxygen atoms in total. The van der Waals surface area contributed by atoms with Crippen molar-refractivity contribution < 1.29 is 4.79 Å². The Hall–Kier alpha value is -2.18. The van der Waals surface area contributed by atoms with E-state index in [1.54, 1.807) is 6.20 Å². The van der Waals surface area contributed by atoms with E-state index in [0.717, 1.165) is 30.9 Å². The smallest absolute Gasteiger partial charge is 0.234 e. The lowest BCUT2D eigenvalue weighted by Gasteiger charge is -2.33. The predicted octanol–water partition coefficient (Wildman–Crippen LogP) is 0.782. The molecule has 1 aliphatic heterocycles. The maximum atomic E-state index is 12.1. The summed E-state index contributed by atoms with van der Waals surface area (Å²) in [5.41, 5.74) is 2.01. The molecule has 1 aliphatic rings. The first kappa shape index (κ1) is 15.7. The van der Waals surface area contributed by atoms with Gasteiger partial charge < -0.3 is 10.6 Å². The van der Waals surface area contributed by atoms with Crippen LogP contribution in [-0.2, 0) is 11.3 Å². The Kier molecular flexibility index (Phi) is 5.05. The van der Waals surface area contributed by atoms with Gasteiger partial charge in [-0.2, -0.15) is 5.10 Å². The Balaban J connectivity index is 1.50. The van der Waals surface area contributed by atoms with E-state index in [1.807, 2.05) is 41.2 Å². The first-order valence-corrected chi connectivity index (χ1v) is 8.03. The third-order valence-corrected chi connectivity index (χ3v) is 4.13. The van der Waals surface area contributed by atoms with E-state index >= 15 is 0 Å². The van der Waals surface area contributed by atoms with Crippen molar-refractivity contribution in [1.82, 2.24) is 25.3 Å². The zero-order chi connectivity index (χ0) is 16.1. The molecule has 0 unspecified atom stereocenters. The lowest BCUT2D eigenvalue weighted by atomic mass is 10.2. The molecule has 1 fully saturated rings. The molecule has 2 aromatic rings. The monoisotopic (exact) mass is 313 g/mol. The molecule has 1 atom stereocenters. The number of nitrogens with zero attached hydrogens (tertiary/aromatic N) is 3. The number of piperazine rings is 1. The first-order chi connectivity index (χ1) is 11.2. The molecule has 0 spiro atoms. The topological polar surface area (TPSA) is 62.2 Å². The molecule has 2 N–H and O–H groups in total. The van der Waals surface area contributed by atoms with Crippen molar-refractivity contribution in [3.63, 3.8) is 0 Å². The highest BCUT2D eigenvalue weighted by atomic mass is 16.2. The molecule has 3 rings (SSSR count). The fraction of sp³-hybridized carbons (Fsp3) is 0.412. The third-order valence-electron chi connectivity index (χ3n) is 4.13. The summed E-state index contributed by atoms with van der Waals surface area (Å²) in [6, 6.07) is 10.3. The second kappa shape index (κ2) is 7.39. The summed E-state index contributed by atoms with van der Waals surface area (Å²) in [7, 11) is 0. The van der Waals surface area contributed by atoms with Crippen LogP contribution in [0, 0.1) is 0 Å². The third kappa shape index (κ3) is 4.18. The van der Waals surface area contributed by atoms with E-state index < -0.39 is 0 Å². The normalized spacial score (nSPS) is 18.7. The van der Waals surface area contributed by atoms with Gasteiger partial charge in [-0.1, -0.05) is 18.2 Å². The number of rotatable bonds is 5. The van der Waals surface area contributed by atoms with Crippen LogP contribution in [0.3, 0.4) is 0 Å². The van der Waals surface area contributed by atoms with Crippen LogP contribution in [0.4, 0.5) is 0 Å². The second-order valence-electron chi connectivity index (χ2n) is 5.93. The number of aromatic nitrogens is 2. The molecular formula is C17H23N5O. The van der Waals surface area contributed by atoms with Gasteiger partial charge in [0.2, 0.25) is 5.91 Å². The van der Waals surface area contributed by atoms with Gasteiger partial charge in [-0.3, -0.25) is 9.69 Å². The van der Waals surface area contributed by atoms with Crippen LogP contribution in [0.1, 0.15) is 12.5 Å². The number of hydrogen-bond donors (Lipinski definition) is 2. The Bertz CT molecular complexity index is 639. The molecule has 122 valence electrons. The van der Waals surface area contributed by atoms with Crippen molar-refractivity contribution in [3.05, 3.63) is 48.3 Å². The van der Waals surface area contributed by atoms with E-state index in [1.165, 1.54) is 0 Å². The number of carbonyl (C=O) groups excluding carboxylic acids is 1. The molecule has 2 heterocycles. The molecule has 1 saturated heterocycles. The van der Waals surface area contributed by atoms with Crippen molar-refractivity contribution in [2.24, 2.45) is 0 Å². The summed E-state index contributed by atoms with van der Waals surface area (Å²) in [5, 5.41) is 10.6. The summed E-state index contributed by atoms with van der Waals surface area (Å²) < 4.78 is 1.82. The van der Waals surface area contributed by atoms with Gasteiger partial charge in [0, 0.05) is 44.0 Å². The van der Waals surface area contributed by atoms with Gasteiger partial charge >= 0.3 is 0 Å². The molecule has 0 radical (unpaired) electrons. The molecule has 0 bridgehead atoms. The van der Waals surface area contributed by atoms with Gasteiger partial charge in [-0.05, 0) is 19.1 Å². The van der Waals surface area contributed by atoms with Crippen molar-refractivity contribution in [2.75, 3.05) is 26.2 Å². The Labute approximate surface area is 136 Å². The van der Waals surface area contributed by atoms with Gasteiger partial charge in [0.05, 0.1) is 18.4 Å². The SMILES string of the molecule is C[C@@H]1CNCCN1CC(=O)NCc1cnn(-c2ccccc2)c1. The van der Waals surface area contributed by atoms with Crippen molar-refractivity contribution in [3.8, 4) is 5.69 Å². The molecule has 1 aromatic carbocycles. The highest BCUT2D eigenvalue weighted by Crippen LogP contribution is 2.07. The van der Waals surface area contributed by atoms with Gasteiger partial charge in [-0.25, -0.2) is 4.68 Å². The number of amides is 1. The molecule has 0 saturated carbocycles. The molecule has 1 amide bonds. The molecule has 0 aliphatic carbocycles. The van der Waals surface area contributed by atoms with Crippen molar-refractivity contribution in [2.45, 2.75) is 19.5 Å². The number of benzene rings is 1. The predicted molar refractivity (Wildman–Crippen MR) is 89.3 cm³/mol. The van der Waals surface area contributed by atoms with Crippen molar-refractivity contribution >= 4 is 5.91 Å². The number of carbonyl (C=O) groups is 1. The van der Waals surface area contributed by atoms with Crippen molar-refractivity contribution in [1.29, 1.82) is 0 Å². The fourth-order valence-corrected chi connectivity index (χ4v) is 2.73. The van der Waals surface area contributed by atoms with Crippen LogP contribution in [0.15, 0.2) is 42.7 Å². The zero-order valence-corrected chi connectivity index (χ0v) is 13.4. The van der Waals surface area contributed by atoms with Gasteiger partial charge in [0.15, 0.2) is 0 Å². The lowest BCUT2D eigenvalue weighted by molar-refractivity contribution is -0.123. The summed E-state index contributed by atoms with van der Waals surface area (Å²) >= 11 is 0. The number of nitrogens with one attached hydrogen (secondary N) is 2. The summed E-state index contributed by atoms with van der Waals surface area (Å²) in [4.78, 5) is 14.3. The highest BCUT2D eigenvalue weighted by molar-refractivity contribution is 5.78. The second-order valence-corrected chi connectivity index (χ2v) is 5.93. The van der Waals surface area contributed by atoms with Crippen LogP contribution < -0.4 is 10.6 Å². The van der Waals surface area contributed by atoms with E-state index in [0.29, 0.717) is 19.1 Å². The van der Waals surface area contributed by atoms with E-state index in [4.69, 9.17) is 0 Å². The Morgan fingerprint density at radius 3 is 3.00 bits per heavy atom. The summed E-state index contributed by atoms with van der Waals surface area (Å²) in [6.07, 6.45) is 3.74. The minimum Gasteiger partial charge on any atom is -0.351 e. The summed E-state index contributed by atoms with van der Waals surface area (Å²) in [5.74, 6) is 0.0613. The van der Waals surface area contributed by atoms with Crippen LogP contribution in [0.25, 0.3) is 5.69 Å². The molecular weight excluding hydrogens is 290 g/mol. The largest absolute Gasteiger partial charge is 0.351 e. The molecule has 23 heavy (non-hydrogen) atoms. The lowest BCUT2D eigenvalue weighted by Crippen LogP contribution is -2.52.